The van der Waals surface area contributed by atoms with Gasteiger partial charge in [-0.05, 0) is 0 Å². The van der Waals surface area contributed by atoms with Crippen LogP contribution in [0.5, 0.6) is 0 Å². The molecule has 0 aromatic rings. The Bertz CT molecular complexity index is 167. The molecule has 0 spiro atoms. The van der Waals surface area contributed by atoms with Crippen LogP contribution in [0.3, 0.4) is 0 Å². The maximum atomic E-state index is 11.2. The van der Waals surface area contributed by atoms with E-state index in [1.54, 1.807) is 0 Å². The molecule has 1 aliphatic carbocycles. The van der Waals surface area contributed by atoms with Crippen molar-refractivity contribution in [2.75, 3.05) is 11.5 Å². The number of hydrogen-bond donors (Lipinski definition) is 1. The van der Waals surface area contributed by atoms with E-state index in [9.17, 15) is 4.79 Å². The Morgan fingerprint density at radius 2 is 2.08 bits per heavy atom. The molecule has 4 heteroatoms. The zero-order chi connectivity index (χ0) is 9.68. The second-order valence-corrected chi connectivity index (χ2v) is 5.31. The summed E-state index contributed by atoms with van der Waals surface area (Å²) in [7, 11) is 1.47. The zero-order valence-electron chi connectivity index (χ0n) is 7.96. The maximum absolute atomic E-state index is 11.2. The zero-order valence-corrected chi connectivity index (χ0v) is 10.1. The van der Waals surface area contributed by atoms with Crippen molar-refractivity contribution in [3.8, 4) is 0 Å². The molecule has 1 aliphatic rings. The van der Waals surface area contributed by atoms with Crippen LogP contribution in [0.15, 0.2) is 0 Å². The predicted molar refractivity (Wildman–Crippen MR) is 46.5 cm³/mol. The number of carbonyl (C=O) groups is 1. The summed E-state index contributed by atoms with van der Waals surface area (Å²) in [5.74, 6) is 0.928. The standard InChI is InChI=1S/C9H17INO2/c1-13-9(12)8-4-2-7(3-5-8)6-10-11/h7-8H,2-6,11H2,1H3/q-1. The van der Waals surface area contributed by atoms with Gasteiger partial charge in [-0.15, -0.1) is 0 Å². The summed E-state index contributed by atoms with van der Waals surface area (Å²) in [4.78, 5) is 11.2. The summed E-state index contributed by atoms with van der Waals surface area (Å²) >= 11 is -0.0681. The average molecular weight is 298 g/mol. The SMILES string of the molecule is COC(=O)C1CCC(C[I-]N)CC1. The van der Waals surface area contributed by atoms with Crippen molar-refractivity contribution in [1.29, 1.82) is 0 Å². The fraction of sp³-hybridized carbons (Fsp3) is 0.889. The molecule has 0 unspecified atom stereocenters. The van der Waals surface area contributed by atoms with Crippen molar-refractivity contribution < 1.29 is 31.0 Å². The predicted octanol–water partition coefficient (Wildman–Crippen LogP) is -2.07. The summed E-state index contributed by atoms with van der Waals surface area (Å²) in [6.45, 7) is 0. The minimum absolute atomic E-state index is 0.0269. The van der Waals surface area contributed by atoms with E-state index in [1.807, 2.05) is 0 Å². The molecule has 1 fully saturated rings. The van der Waals surface area contributed by atoms with E-state index in [-0.39, 0.29) is 33.4 Å². The number of rotatable bonds is 3. The van der Waals surface area contributed by atoms with E-state index in [2.05, 4.69) is 0 Å². The van der Waals surface area contributed by atoms with Crippen molar-refractivity contribution in [3.63, 3.8) is 0 Å². The summed E-state index contributed by atoms with van der Waals surface area (Å²) in [5, 5.41) is 0. The molecule has 0 aliphatic heterocycles. The Balaban J connectivity index is 2.26. The Labute approximate surface area is 90.0 Å². The van der Waals surface area contributed by atoms with Gasteiger partial charge in [-0.25, -0.2) is 0 Å². The third kappa shape index (κ3) is 3.42. The number of halogens is 1. The Hall–Kier alpha value is 0.160. The molecule has 0 aromatic heterocycles. The van der Waals surface area contributed by atoms with Crippen LogP contribution in [-0.2, 0) is 9.53 Å². The molecule has 2 N–H and O–H groups in total. The monoisotopic (exact) mass is 298 g/mol. The second-order valence-electron chi connectivity index (χ2n) is 3.55. The van der Waals surface area contributed by atoms with Gasteiger partial charge in [-0.3, -0.25) is 0 Å². The third-order valence-corrected chi connectivity index (χ3v) is 4.44. The van der Waals surface area contributed by atoms with Crippen molar-refractivity contribution in [3.05, 3.63) is 0 Å². The summed E-state index contributed by atoms with van der Waals surface area (Å²) < 4.78 is 11.5. The number of carbonyl (C=O) groups excluding carboxylic acids is 1. The van der Waals surface area contributed by atoms with Crippen LogP contribution in [-0.4, -0.2) is 17.5 Å². The third-order valence-electron chi connectivity index (χ3n) is 2.69. The van der Waals surface area contributed by atoms with E-state index >= 15 is 0 Å². The fourth-order valence-corrected chi connectivity index (χ4v) is 3.45. The number of esters is 1. The Morgan fingerprint density at radius 3 is 2.54 bits per heavy atom. The number of methoxy groups -OCH3 is 1. The van der Waals surface area contributed by atoms with E-state index in [0.717, 1.165) is 31.6 Å². The first-order valence-corrected chi connectivity index (χ1v) is 7.40. The van der Waals surface area contributed by atoms with Gasteiger partial charge in [0.2, 0.25) is 0 Å². The summed E-state index contributed by atoms with van der Waals surface area (Å²) in [6.07, 6.45) is 4.33. The van der Waals surface area contributed by atoms with Crippen molar-refractivity contribution >= 4 is 5.97 Å². The Kier molecular flexibility index (Phi) is 5.01. The molecule has 0 saturated heterocycles. The molecular formula is C9H17INO2-. The summed E-state index contributed by atoms with van der Waals surface area (Å²) in [6, 6.07) is 0. The topological polar surface area (TPSA) is 52.3 Å². The van der Waals surface area contributed by atoms with Gasteiger partial charge in [0.15, 0.2) is 0 Å². The molecule has 0 aromatic carbocycles. The molecule has 0 amide bonds. The van der Waals surface area contributed by atoms with Crippen molar-refractivity contribution in [1.82, 2.24) is 0 Å². The van der Waals surface area contributed by atoms with Crippen LogP contribution in [0.25, 0.3) is 0 Å². The van der Waals surface area contributed by atoms with Crippen LogP contribution in [0.4, 0.5) is 0 Å². The second kappa shape index (κ2) is 5.80. The van der Waals surface area contributed by atoms with E-state index in [0.29, 0.717) is 0 Å². The Morgan fingerprint density at radius 1 is 1.46 bits per heavy atom. The van der Waals surface area contributed by atoms with Gasteiger partial charge >= 0.3 is 90.0 Å². The number of hydrogen-bond acceptors (Lipinski definition) is 3. The normalized spacial score (nSPS) is 28.8. The molecule has 1 rings (SSSR count). The van der Waals surface area contributed by atoms with Crippen molar-refractivity contribution in [2.24, 2.45) is 15.8 Å². The number of alkyl halides is 1. The molecular weight excluding hydrogens is 281 g/mol. The van der Waals surface area contributed by atoms with Crippen LogP contribution < -0.4 is 25.4 Å². The van der Waals surface area contributed by atoms with Gasteiger partial charge in [0.1, 0.15) is 0 Å². The molecule has 1 saturated carbocycles. The fourth-order valence-electron chi connectivity index (χ4n) is 1.85. The molecule has 13 heavy (non-hydrogen) atoms. The molecule has 0 atom stereocenters. The van der Waals surface area contributed by atoms with Crippen LogP contribution in [0, 0.1) is 11.8 Å². The quantitative estimate of drug-likeness (QED) is 0.282. The van der Waals surface area contributed by atoms with Crippen LogP contribution >= 0.6 is 0 Å². The van der Waals surface area contributed by atoms with Gasteiger partial charge in [-0.2, -0.15) is 0 Å². The first kappa shape index (κ1) is 11.2. The molecule has 78 valence electrons. The van der Waals surface area contributed by atoms with Crippen LogP contribution in [0.2, 0.25) is 0 Å². The van der Waals surface area contributed by atoms with Gasteiger partial charge in [0, 0.05) is 0 Å². The van der Waals surface area contributed by atoms with Gasteiger partial charge < -0.3 is 0 Å². The van der Waals surface area contributed by atoms with Gasteiger partial charge in [0.25, 0.3) is 0 Å². The van der Waals surface area contributed by atoms with Gasteiger partial charge in [-0.1, -0.05) is 0 Å². The molecule has 0 heterocycles. The minimum atomic E-state index is -0.0681. The van der Waals surface area contributed by atoms with Crippen molar-refractivity contribution in [2.45, 2.75) is 25.7 Å². The molecule has 0 radical (unpaired) electrons. The molecule has 3 nitrogen and oxygen atoms in total. The van der Waals surface area contributed by atoms with E-state index < -0.39 is 0 Å². The first-order chi connectivity index (χ1) is 6.27. The number of nitrogens with two attached hydrogens (primary N) is 1. The van der Waals surface area contributed by atoms with Gasteiger partial charge in [0.05, 0.1) is 0 Å². The average Bonchev–Trinajstić information content (AvgIpc) is 2.18. The number of ether oxygens (including phenoxy) is 1. The first-order valence-electron chi connectivity index (χ1n) is 4.63. The van der Waals surface area contributed by atoms with E-state index in [1.165, 1.54) is 11.5 Å². The summed E-state index contributed by atoms with van der Waals surface area (Å²) in [5.41, 5.74) is 0. The van der Waals surface area contributed by atoms with Crippen LogP contribution in [0.1, 0.15) is 25.7 Å². The molecule has 0 bridgehead atoms. The van der Waals surface area contributed by atoms with E-state index in [4.69, 9.17) is 8.68 Å².